The first-order chi connectivity index (χ1) is 10.1. The van der Waals surface area contributed by atoms with E-state index in [1.165, 1.54) is 12.1 Å². The van der Waals surface area contributed by atoms with Gasteiger partial charge in [0.2, 0.25) is 0 Å². The topological polar surface area (TPSA) is 35.5 Å². The predicted octanol–water partition coefficient (Wildman–Crippen LogP) is 3.33. The molecule has 3 rings (SSSR count). The van der Waals surface area contributed by atoms with Gasteiger partial charge in [0.1, 0.15) is 19.0 Å². The molecule has 3 nitrogen and oxygen atoms in total. The van der Waals surface area contributed by atoms with E-state index in [-0.39, 0.29) is 18.0 Å². The Morgan fingerprint density at radius 2 is 2.00 bits per heavy atom. The Morgan fingerprint density at radius 1 is 1.19 bits per heavy atom. The average molecular weight is 286 g/mol. The molecule has 0 fully saturated rings. The van der Waals surface area contributed by atoms with E-state index in [0.29, 0.717) is 35.8 Å². The summed E-state index contributed by atoms with van der Waals surface area (Å²) in [5.74, 6) is 0.634. The lowest BCUT2D eigenvalue weighted by molar-refractivity contribution is 0.0981. The number of ketones is 1. The van der Waals surface area contributed by atoms with Crippen LogP contribution in [0.25, 0.3) is 0 Å². The minimum absolute atomic E-state index is 0.106. The molecule has 108 valence electrons. The van der Waals surface area contributed by atoms with Crippen LogP contribution in [-0.2, 0) is 6.42 Å². The van der Waals surface area contributed by atoms with E-state index in [2.05, 4.69) is 0 Å². The largest absolute Gasteiger partial charge is 0.486 e. The quantitative estimate of drug-likeness (QED) is 0.812. The molecule has 0 saturated carbocycles. The molecule has 0 bridgehead atoms. The van der Waals surface area contributed by atoms with Crippen LogP contribution in [0.3, 0.4) is 0 Å². The van der Waals surface area contributed by atoms with Gasteiger partial charge in [-0.05, 0) is 42.3 Å². The molecule has 21 heavy (non-hydrogen) atoms. The van der Waals surface area contributed by atoms with Gasteiger partial charge in [0.15, 0.2) is 17.3 Å². The first-order valence-corrected chi connectivity index (χ1v) is 6.82. The third kappa shape index (κ3) is 2.75. The summed E-state index contributed by atoms with van der Waals surface area (Å²) >= 11 is 0. The molecule has 1 heterocycles. The summed E-state index contributed by atoms with van der Waals surface area (Å²) in [5.41, 5.74) is 2.07. The summed E-state index contributed by atoms with van der Waals surface area (Å²) in [5, 5.41) is 0. The van der Waals surface area contributed by atoms with Crippen molar-refractivity contribution in [2.24, 2.45) is 0 Å². The minimum atomic E-state index is -0.335. The number of Topliss-reactive ketones (excluding diaryl/α,β-unsaturated/α-hetero) is 1. The van der Waals surface area contributed by atoms with Crippen molar-refractivity contribution >= 4 is 5.78 Å². The first kappa shape index (κ1) is 13.6. The molecule has 1 aliphatic heterocycles. The second-order valence-corrected chi connectivity index (χ2v) is 5.00. The van der Waals surface area contributed by atoms with Crippen LogP contribution in [0, 0.1) is 12.7 Å². The maximum absolute atomic E-state index is 13.3. The molecule has 0 N–H and O–H groups in total. The number of carbonyl (C=O) groups excluding carboxylic acids is 1. The highest BCUT2D eigenvalue weighted by atomic mass is 19.1. The highest BCUT2D eigenvalue weighted by molar-refractivity contribution is 6.00. The van der Waals surface area contributed by atoms with Gasteiger partial charge < -0.3 is 9.47 Å². The van der Waals surface area contributed by atoms with Gasteiger partial charge in [0.05, 0.1) is 5.56 Å². The smallest absolute Gasteiger partial charge is 0.172 e. The predicted molar refractivity (Wildman–Crippen MR) is 76.6 cm³/mol. The number of hydrogen-bond acceptors (Lipinski definition) is 3. The molecule has 2 aromatic rings. The average Bonchev–Trinajstić information content (AvgIpc) is 2.50. The Hall–Kier alpha value is -2.36. The van der Waals surface area contributed by atoms with Gasteiger partial charge in [-0.3, -0.25) is 4.79 Å². The molecule has 0 unspecified atom stereocenters. The van der Waals surface area contributed by atoms with Gasteiger partial charge in [-0.25, -0.2) is 4.39 Å². The van der Waals surface area contributed by atoms with Crippen molar-refractivity contribution in [1.82, 2.24) is 0 Å². The number of benzene rings is 2. The monoisotopic (exact) mass is 286 g/mol. The van der Waals surface area contributed by atoms with Crippen molar-refractivity contribution in [3.8, 4) is 11.5 Å². The molecule has 4 heteroatoms. The Kier molecular flexibility index (Phi) is 3.60. The lowest BCUT2D eigenvalue weighted by atomic mass is 9.98. The van der Waals surface area contributed by atoms with Crippen LogP contribution >= 0.6 is 0 Å². The van der Waals surface area contributed by atoms with Crippen molar-refractivity contribution in [2.75, 3.05) is 13.2 Å². The number of aryl methyl sites for hydroxylation is 1. The van der Waals surface area contributed by atoms with E-state index < -0.39 is 0 Å². The molecule has 0 spiro atoms. The highest BCUT2D eigenvalue weighted by Gasteiger charge is 2.20. The number of hydrogen-bond donors (Lipinski definition) is 0. The van der Waals surface area contributed by atoms with E-state index in [4.69, 9.17) is 9.47 Å². The molecule has 0 amide bonds. The van der Waals surface area contributed by atoms with Gasteiger partial charge in [0.25, 0.3) is 0 Å². The molecule has 0 aliphatic carbocycles. The Labute approximate surface area is 122 Å². The Balaban J connectivity index is 1.91. The van der Waals surface area contributed by atoms with Gasteiger partial charge in [-0.2, -0.15) is 0 Å². The third-order valence-corrected chi connectivity index (χ3v) is 3.53. The standard InChI is InChI=1S/C17H15FO3/c1-11-5-6-13(18)9-12(11)10-15(19)14-3-2-4-16-17(14)21-8-7-20-16/h2-6,9H,7-8,10H2,1H3. The molecule has 2 aromatic carbocycles. The van der Waals surface area contributed by atoms with Crippen molar-refractivity contribution in [1.29, 1.82) is 0 Å². The second kappa shape index (κ2) is 5.56. The third-order valence-electron chi connectivity index (χ3n) is 3.53. The van der Waals surface area contributed by atoms with Crippen molar-refractivity contribution in [2.45, 2.75) is 13.3 Å². The normalized spacial score (nSPS) is 13.0. The van der Waals surface area contributed by atoms with Crippen LogP contribution in [0.1, 0.15) is 21.5 Å². The molecule has 1 aliphatic rings. The summed E-state index contributed by atoms with van der Waals surface area (Å²) in [6.45, 7) is 2.77. The van der Waals surface area contributed by atoms with E-state index in [0.717, 1.165) is 5.56 Å². The van der Waals surface area contributed by atoms with Crippen LogP contribution in [-0.4, -0.2) is 19.0 Å². The Bertz CT molecular complexity index is 694. The van der Waals surface area contributed by atoms with Gasteiger partial charge >= 0.3 is 0 Å². The summed E-state index contributed by atoms with van der Waals surface area (Å²) in [4.78, 5) is 12.5. The Morgan fingerprint density at radius 3 is 2.86 bits per heavy atom. The van der Waals surface area contributed by atoms with Crippen molar-refractivity contribution in [3.05, 3.63) is 58.9 Å². The second-order valence-electron chi connectivity index (χ2n) is 5.00. The number of rotatable bonds is 3. The van der Waals surface area contributed by atoms with Crippen LogP contribution < -0.4 is 9.47 Å². The summed E-state index contributed by atoms with van der Waals surface area (Å²) in [6.07, 6.45) is 0.142. The number of para-hydroxylation sites is 1. The SMILES string of the molecule is Cc1ccc(F)cc1CC(=O)c1cccc2c1OCCO2. The number of ether oxygens (including phenoxy) is 2. The molecular weight excluding hydrogens is 271 g/mol. The first-order valence-electron chi connectivity index (χ1n) is 6.82. The van der Waals surface area contributed by atoms with E-state index in [1.54, 1.807) is 24.3 Å². The van der Waals surface area contributed by atoms with Crippen molar-refractivity contribution < 1.29 is 18.7 Å². The van der Waals surface area contributed by atoms with Crippen LogP contribution in [0.4, 0.5) is 4.39 Å². The highest BCUT2D eigenvalue weighted by Crippen LogP contribution is 2.34. The van der Waals surface area contributed by atoms with E-state index in [9.17, 15) is 9.18 Å². The lowest BCUT2D eigenvalue weighted by Crippen LogP contribution is -2.18. The zero-order valence-electron chi connectivity index (χ0n) is 11.7. The fourth-order valence-corrected chi connectivity index (χ4v) is 2.39. The van der Waals surface area contributed by atoms with Gasteiger partial charge in [0, 0.05) is 6.42 Å². The van der Waals surface area contributed by atoms with Gasteiger partial charge in [-0.1, -0.05) is 12.1 Å². The molecule has 0 radical (unpaired) electrons. The molecule has 0 saturated heterocycles. The molecule has 0 atom stereocenters. The summed E-state index contributed by atoms with van der Waals surface area (Å²) < 4.78 is 24.3. The fourth-order valence-electron chi connectivity index (χ4n) is 2.39. The van der Waals surface area contributed by atoms with E-state index in [1.807, 2.05) is 6.92 Å². The zero-order valence-corrected chi connectivity index (χ0v) is 11.7. The number of halogens is 1. The maximum Gasteiger partial charge on any atom is 0.172 e. The van der Waals surface area contributed by atoms with Crippen LogP contribution in [0.5, 0.6) is 11.5 Å². The summed E-state index contributed by atoms with van der Waals surface area (Å²) in [7, 11) is 0. The van der Waals surface area contributed by atoms with Crippen LogP contribution in [0.15, 0.2) is 36.4 Å². The van der Waals surface area contributed by atoms with Crippen LogP contribution in [0.2, 0.25) is 0 Å². The molecular formula is C17H15FO3. The van der Waals surface area contributed by atoms with Crippen molar-refractivity contribution in [3.63, 3.8) is 0 Å². The lowest BCUT2D eigenvalue weighted by Gasteiger charge is -2.20. The zero-order chi connectivity index (χ0) is 14.8. The maximum atomic E-state index is 13.3. The van der Waals surface area contributed by atoms with Gasteiger partial charge in [-0.15, -0.1) is 0 Å². The molecule has 0 aromatic heterocycles. The van der Waals surface area contributed by atoms with E-state index >= 15 is 0 Å². The fraction of sp³-hybridized carbons (Fsp3) is 0.235. The number of fused-ring (bicyclic) bond motifs is 1. The number of carbonyl (C=O) groups is 1. The summed E-state index contributed by atoms with van der Waals surface area (Å²) in [6, 6.07) is 9.73. The minimum Gasteiger partial charge on any atom is -0.486 e.